The minimum atomic E-state index is -0.407. The van der Waals surface area contributed by atoms with Crippen molar-refractivity contribution in [2.24, 2.45) is 0 Å². The van der Waals surface area contributed by atoms with Crippen molar-refractivity contribution in [2.75, 3.05) is 19.5 Å². The van der Waals surface area contributed by atoms with Gasteiger partial charge in [0.05, 0.1) is 32.1 Å². The minimum absolute atomic E-state index is 0.0781. The molecule has 2 aromatic rings. The quantitative estimate of drug-likeness (QED) is 0.925. The lowest BCUT2D eigenvalue weighted by Crippen LogP contribution is -2.14. The molecule has 0 bridgehead atoms. The molecule has 2 aromatic heterocycles. The molecule has 0 aliphatic heterocycles. The molecule has 0 fully saturated rings. The number of carbonyl (C=O) groups excluding carboxylic acids is 1. The van der Waals surface area contributed by atoms with Crippen molar-refractivity contribution in [1.82, 2.24) is 9.97 Å². The molecule has 1 amide bonds. The van der Waals surface area contributed by atoms with Crippen molar-refractivity contribution < 1.29 is 18.7 Å². The zero-order valence-corrected chi connectivity index (χ0v) is 11.7. The summed E-state index contributed by atoms with van der Waals surface area (Å²) in [6.07, 6.45) is 1.39. The van der Waals surface area contributed by atoms with E-state index in [1.807, 2.05) is 0 Å². The number of anilines is 1. The van der Waals surface area contributed by atoms with E-state index in [-0.39, 0.29) is 17.7 Å². The summed E-state index contributed by atoms with van der Waals surface area (Å²) in [5.74, 6) is 0.243. The van der Waals surface area contributed by atoms with E-state index >= 15 is 0 Å². The van der Waals surface area contributed by atoms with E-state index in [0.29, 0.717) is 10.2 Å². The lowest BCUT2D eigenvalue weighted by molar-refractivity contribution is 0.102. The molecule has 0 radical (unpaired) electrons. The van der Waals surface area contributed by atoms with Gasteiger partial charge in [0.1, 0.15) is 0 Å². The van der Waals surface area contributed by atoms with Crippen LogP contribution in [0.25, 0.3) is 0 Å². The summed E-state index contributed by atoms with van der Waals surface area (Å²) < 4.78 is 15.3. The van der Waals surface area contributed by atoms with Crippen molar-refractivity contribution in [3.8, 4) is 11.8 Å². The first-order valence-corrected chi connectivity index (χ1v) is 5.94. The second kappa shape index (κ2) is 5.70. The van der Waals surface area contributed by atoms with Gasteiger partial charge in [-0.2, -0.15) is 9.97 Å². The molecular formula is C11H10BrN3O4. The maximum Gasteiger partial charge on any atom is 0.262 e. The van der Waals surface area contributed by atoms with Gasteiger partial charge in [0, 0.05) is 0 Å². The number of aromatic nitrogens is 2. The largest absolute Gasteiger partial charge is 0.481 e. The zero-order chi connectivity index (χ0) is 13.8. The Balaban J connectivity index is 2.23. The normalized spacial score (nSPS) is 10.1. The van der Waals surface area contributed by atoms with Crippen molar-refractivity contribution in [2.45, 2.75) is 0 Å². The summed E-state index contributed by atoms with van der Waals surface area (Å²) in [5.41, 5.74) is 0.338. The van der Waals surface area contributed by atoms with Crippen LogP contribution in [0.4, 0.5) is 5.95 Å². The smallest absolute Gasteiger partial charge is 0.262 e. The molecule has 0 saturated carbocycles. The SMILES string of the molecule is COc1cc(OC)nc(NC(=O)c2ccoc2Br)n1. The van der Waals surface area contributed by atoms with Gasteiger partial charge < -0.3 is 13.9 Å². The second-order valence-electron chi connectivity index (χ2n) is 3.34. The first-order valence-electron chi connectivity index (χ1n) is 5.15. The molecule has 0 aromatic carbocycles. The molecule has 8 heteroatoms. The maximum absolute atomic E-state index is 11.9. The predicted octanol–water partition coefficient (Wildman–Crippen LogP) is 2.10. The van der Waals surface area contributed by atoms with E-state index in [9.17, 15) is 4.79 Å². The highest BCUT2D eigenvalue weighted by molar-refractivity contribution is 9.10. The van der Waals surface area contributed by atoms with Crippen LogP contribution in [0.15, 0.2) is 27.5 Å². The summed E-state index contributed by atoms with van der Waals surface area (Å²) in [7, 11) is 2.92. The Morgan fingerprint density at radius 2 is 1.95 bits per heavy atom. The van der Waals surface area contributed by atoms with Gasteiger partial charge in [0.15, 0.2) is 4.67 Å². The molecule has 0 aliphatic rings. The van der Waals surface area contributed by atoms with Crippen LogP contribution in [0, 0.1) is 0 Å². The van der Waals surface area contributed by atoms with Crippen molar-refractivity contribution in [3.63, 3.8) is 0 Å². The number of nitrogens with zero attached hydrogens (tertiary/aromatic N) is 2. The Labute approximate surface area is 117 Å². The van der Waals surface area contributed by atoms with Gasteiger partial charge in [-0.1, -0.05) is 0 Å². The van der Waals surface area contributed by atoms with E-state index in [1.165, 1.54) is 32.6 Å². The summed E-state index contributed by atoms with van der Waals surface area (Å²) >= 11 is 3.12. The van der Waals surface area contributed by atoms with E-state index < -0.39 is 5.91 Å². The van der Waals surface area contributed by atoms with Gasteiger partial charge in [-0.15, -0.1) is 0 Å². The van der Waals surface area contributed by atoms with Crippen LogP contribution in [0.2, 0.25) is 0 Å². The van der Waals surface area contributed by atoms with E-state index in [4.69, 9.17) is 13.9 Å². The number of methoxy groups -OCH3 is 2. The number of carbonyl (C=O) groups is 1. The van der Waals surface area contributed by atoms with Gasteiger partial charge in [-0.05, 0) is 22.0 Å². The van der Waals surface area contributed by atoms with Crippen LogP contribution in [-0.2, 0) is 0 Å². The van der Waals surface area contributed by atoms with Crippen LogP contribution < -0.4 is 14.8 Å². The zero-order valence-electron chi connectivity index (χ0n) is 10.1. The molecule has 0 saturated heterocycles. The first-order chi connectivity index (χ1) is 9.13. The average molecular weight is 328 g/mol. The Bertz CT molecular complexity index is 577. The molecular weight excluding hydrogens is 318 g/mol. The van der Waals surface area contributed by atoms with Crippen LogP contribution in [0.1, 0.15) is 10.4 Å². The second-order valence-corrected chi connectivity index (χ2v) is 4.06. The van der Waals surface area contributed by atoms with Gasteiger partial charge in [-0.25, -0.2) is 0 Å². The molecule has 100 valence electrons. The molecule has 0 aliphatic carbocycles. The third kappa shape index (κ3) is 3.02. The van der Waals surface area contributed by atoms with Crippen LogP contribution in [0.3, 0.4) is 0 Å². The van der Waals surface area contributed by atoms with E-state index in [1.54, 1.807) is 0 Å². The summed E-state index contributed by atoms with van der Waals surface area (Å²) in [6, 6.07) is 3.03. The summed E-state index contributed by atoms with van der Waals surface area (Å²) in [4.78, 5) is 19.9. The average Bonchev–Trinajstić information content (AvgIpc) is 2.84. The number of rotatable bonds is 4. The Hall–Kier alpha value is -2.09. The third-order valence-corrected chi connectivity index (χ3v) is 2.80. The Kier molecular flexibility index (Phi) is 4.00. The number of ether oxygens (including phenoxy) is 2. The van der Waals surface area contributed by atoms with Crippen LogP contribution in [-0.4, -0.2) is 30.1 Å². The number of amides is 1. The summed E-state index contributed by atoms with van der Waals surface area (Å²) in [6.45, 7) is 0. The molecule has 0 atom stereocenters. The lowest BCUT2D eigenvalue weighted by Gasteiger charge is -2.06. The van der Waals surface area contributed by atoms with Crippen molar-refractivity contribution >= 4 is 27.8 Å². The van der Waals surface area contributed by atoms with Crippen molar-refractivity contribution in [1.29, 1.82) is 0 Å². The molecule has 7 nitrogen and oxygen atoms in total. The first kappa shape index (κ1) is 13.3. The predicted molar refractivity (Wildman–Crippen MR) is 69.5 cm³/mol. The monoisotopic (exact) mass is 327 g/mol. The Morgan fingerprint density at radius 1 is 1.32 bits per heavy atom. The minimum Gasteiger partial charge on any atom is -0.481 e. The van der Waals surface area contributed by atoms with Gasteiger partial charge in [0.2, 0.25) is 17.7 Å². The Morgan fingerprint density at radius 3 is 2.42 bits per heavy atom. The lowest BCUT2D eigenvalue weighted by atomic mass is 10.3. The molecule has 1 N–H and O–H groups in total. The molecule has 2 rings (SSSR count). The van der Waals surface area contributed by atoms with Gasteiger partial charge in [-0.3, -0.25) is 10.1 Å². The highest BCUT2D eigenvalue weighted by atomic mass is 79.9. The molecule has 0 unspecified atom stereocenters. The van der Waals surface area contributed by atoms with Crippen LogP contribution in [0.5, 0.6) is 11.8 Å². The highest BCUT2D eigenvalue weighted by Crippen LogP contribution is 2.20. The third-order valence-electron chi connectivity index (χ3n) is 2.19. The number of furan rings is 1. The molecule has 19 heavy (non-hydrogen) atoms. The number of halogens is 1. The molecule has 0 spiro atoms. The fraction of sp³-hybridized carbons (Fsp3) is 0.182. The standard InChI is InChI=1S/C11H10BrN3O4/c1-17-7-5-8(18-2)14-11(13-7)15-10(16)6-3-4-19-9(6)12/h3-5H,1-2H3,(H,13,14,15,16). The van der Waals surface area contributed by atoms with Gasteiger partial charge in [0.25, 0.3) is 5.91 Å². The fourth-order valence-corrected chi connectivity index (χ4v) is 1.71. The fourth-order valence-electron chi connectivity index (χ4n) is 1.29. The number of hydrogen-bond donors (Lipinski definition) is 1. The molecule has 2 heterocycles. The highest BCUT2D eigenvalue weighted by Gasteiger charge is 2.15. The number of hydrogen-bond acceptors (Lipinski definition) is 6. The number of nitrogens with one attached hydrogen (secondary N) is 1. The van der Waals surface area contributed by atoms with Gasteiger partial charge >= 0.3 is 0 Å². The maximum atomic E-state index is 11.9. The van der Waals surface area contributed by atoms with E-state index in [2.05, 4.69) is 31.2 Å². The summed E-state index contributed by atoms with van der Waals surface area (Å²) in [5, 5.41) is 2.52. The van der Waals surface area contributed by atoms with E-state index in [0.717, 1.165) is 0 Å². The van der Waals surface area contributed by atoms with Crippen LogP contribution >= 0.6 is 15.9 Å². The topological polar surface area (TPSA) is 86.5 Å². The van der Waals surface area contributed by atoms with Crippen molar-refractivity contribution in [3.05, 3.63) is 28.6 Å².